The molecule has 0 radical (unpaired) electrons. The number of hydrogen-bond donors (Lipinski definition) is 2. The summed E-state index contributed by atoms with van der Waals surface area (Å²) in [6.45, 7) is 0. The van der Waals surface area contributed by atoms with Gasteiger partial charge in [-0.15, -0.1) is 0 Å². The third kappa shape index (κ3) is 4.05. The van der Waals surface area contributed by atoms with E-state index in [0.29, 0.717) is 32.5 Å². The van der Waals surface area contributed by atoms with Gasteiger partial charge in [-0.1, -0.05) is 46.9 Å². The molecular weight excluding hydrogens is 355 g/mol. The Hall–Kier alpha value is -2.01. The molecule has 0 bridgehead atoms. The van der Waals surface area contributed by atoms with Crippen LogP contribution in [0.5, 0.6) is 0 Å². The topological polar surface area (TPSA) is 49.8 Å². The normalized spacial score (nSPS) is 10.4. The average Bonchev–Trinajstić information content (AvgIpc) is 2.53. The van der Waals surface area contributed by atoms with Crippen LogP contribution in [0.25, 0.3) is 0 Å². The van der Waals surface area contributed by atoms with Crippen molar-refractivity contribution in [2.75, 3.05) is 10.6 Å². The summed E-state index contributed by atoms with van der Waals surface area (Å²) in [7, 11) is 0. The number of anilines is 4. The van der Waals surface area contributed by atoms with Crippen molar-refractivity contribution in [2.24, 2.45) is 0 Å². The van der Waals surface area contributed by atoms with E-state index in [2.05, 4.69) is 20.6 Å². The van der Waals surface area contributed by atoms with Gasteiger partial charge in [-0.25, -0.2) is 4.98 Å². The van der Waals surface area contributed by atoms with Gasteiger partial charge in [0.2, 0.25) is 5.95 Å². The van der Waals surface area contributed by atoms with E-state index in [-0.39, 0.29) is 0 Å². The van der Waals surface area contributed by atoms with Crippen molar-refractivity contribution in [1.82, 2.24) is 9.97 Å². The zero-order chi connectivity index (χ0) is 16.2. The van der Waals surface area contributed by atoms with E-state index in [1.807, 2.05) is 18.2 Å². The van der Waals surface area contributed by atoms with Crippen LogP contribution in [0.15, 0.2) is 54.7 Å². The number of halogens is 3. The molecule has 2 N–H and O–H groups in total. The lowest BCUT2D eigenvalue weighted by molar-refractivity contribution is 1.17. The van der Waals surface area contributed by atoms with Crippen molar-refractivity contribution in [3.8, 4) is 0 Å². The maximum atomic E-state index is 6.15. The first-order valence-electron chi connectivity index (χ1n) is 6.68. The molecule has 0 aliphatic rings. The van der Waals surface area contributed by atoms with E-state index in [1.165, 1.54) is 0 Å². The molecule has 0 atom stereocenters. The zero-order valence-electron chi connectivity index (χ0n) is 11.7. The van der Waals surface area contributed by atoms with Gasteiger partial charge in [0, 0.05) is 11.2 Å². The molecule has 23 heavy (non-hydrogen) atoms. The van der Waals surface area contributed by atoms with Crippen molar-refractivity contribution in [2.45, 2.75) is 0 Å². The summed E-state index contributed by atoms with van der Waals surface area (Å²) in [4.78, 5) is 8.56. The first kappa shape index (κ1) is 15.9. The highest BCUT2D eigenvalue weighted by atomic mass is 35.5. The lowest BCUT2D eigenvalue weighted by Crippen LogP contribution is -2.01. The van der Waals surface area contributed by atoms with Crippen molar-refractivity contribution < 1.29 is 0 Å². The van der Waals surface area contributed by atoms with Crippen LogP contribution in [-0.2, 0) is 0 Å². The van der Waals surface area contributed by atoms with E-state index in [9.17, 15) is 0 Å². The first-order valence-corrected chi connectivity index (χ1v) is 7.82. The Morgan fingerprint density at radius 2 is 1.57 bits per heavy atom. The van der Waals surface area contributed by atoms with Crippen LogP contribution in [0.2, 0.25) is 15.1 Å². The first-order chi connectivity index (χ1) is 11.1. The van der Waals surface area contributed by atoms with Crippen LogP contribution < -0.4 is 10.6 Å². The van der Waals surface area contributed by atoms with Crippen LogP contribution in [0.3, 0.4) is 0 Å². The molecule has 0 fully saturated rings. The summed E-state index contributed by atoms with van der Waals surface area (Å²) in [5.41, 5.74) is 1.44. The molecule has 3 rings (SSSR count). The molecule has 2 aromatic carbocycles. The second-order valence-corrected chi connectivity index (χ2v) is 5.87. The Labute approximate surface area is 148 Å². The third-order valence-electron chi connectivity index (χ3n) is 2.97. The summed E-state index contributed by atoms with van der Waals surface area (Å²) in [5, 5.41) is 7.88. The van der Waals surface area contributed by atoms with Gasteiger partial charge in [-0.2, -0.15) is 4.98 Å². The Morgan fingerprint density at radius 3 is 2.35 bits per heavy atom. The molecule has 0 unspecified atom stereocenters. The second kappa shape index (κ2) is 7.04. The number of hydrogen-bond acceptors (Lipinski definition) is 4. The number of aromatic nitrogens is 2. The molecule has 0 saturated carbocycles. The monoisotopic (exact) mass is 364 g/mol. The Balaban J connectivity index is 1.81. The molecular formula is C16H11Cl3N4. The SMILES string of the molecule is Clc1ccc(Nc2ccnc(Nc3ccccc3Cl)n2)c(Cl)c1. The summed E-state index contributed by atoms with van der Waals surface area (Å²) in [6, 6.07) is 14.3. The van der Waals surface area contributed by atoms with Gasteiger partial charge in [-0.3, -0.25) is 0 Å². The van der Waals surface area contributed by atoms with Gasteiger partial charge >= 0.3 is 0 Å². The molecule has 0 aliphatic carbocycles. The van der Waals surface area contributed by atoms with Gasteiger partial charge < -0.3 is 10.6 Å². The van der Waals surface area contributed by atoms with E-state index in [4.69, 9.17) is 34.8 Å². The molecule has 0 saturated heterocycles. The van der Waals surface area contributed by atoms with Crippen LogP contribution >= 0.6 is 34.8 Å². The molecule has 116 valence electrons. The molecule has 1 heterocycles. The highest BCUT2D eigenvalue weighted by Gasteiger charge is 2.05. The van der Waals surface area contributed by atoms with Gasteiger partial charge in [0.1, 0.15) is 5.82 Å². The lowest BCUT2D eigenvalue weighted by atomic mass is 10.3. The number of nitrogens with zero attached hydrogens (tertiary/aromatic N) is 2. The molecule has 1 aromatic heterocycles. The summed E-state index contributed by atoms with van der Waals surface area (Å²) in [6.07, 6.45) is 1.64. The van der Waals surface area contributed by atoms with Gasteiger partial charge in [0.25, 0.3) is 0 Å². The fraction of sp³-hybridized carbons (Fsp3) is 0. The number of rotatable bonds is 4. The van der Waals surface area contributed by atoms with Crippen LogP contribution in [0, 0.1) is 0 Å². The van der Waals surface area contributed by atoms with Crippen molar-refractivity contribution in [1.29, 1.82) is 0 Å². The minimum absolute atomic E-state index is 0.424. The lowest BCUT2D eigenvalue weighted by Gasteiger charge is -2.10. The Kier molecular flexibility index (Phi) is 4.86. The molecule has 0 spiro atoms. The van der Waals surface area contributed by atoms with Gasteiger partial charge in [-0.05, 0) is 36.4 Å². The van der Waals surface area contributed by atoms with Gasteiger partial charge in [0.15, 0.2) is 0 Å². The predicted octanol–water partition coefficient (Wildman–Crippen LogP) is 5.92. The van der Waals surface area contributed by atoms with Crippen molar-refractivity contribution in [3.05, 3.63) is 69.8 Å². The molecule has 0 aliphatic heterocycles. The van der Waals surface area contributed by atoms with Crippen molar-refractivity contribution in [3.63, 3.8) is 0 Å². The Morgan fingerprint density at radius 1 is 0.783 bits per heavy atom. The standard InChI is InChI=1S/C16H11Cl3N4/c17-10-5-6-14(12(19)9-10)21-15-7-8-20-16(23-15)22-13-4-2-1-3-11(13)18/h1-9H,(H2,20,21,22,23). The fourth-order valence-electron chi connectivity index (χ4n) is 1.90. The summed E-state index contributed by atoms with van der Waals surface area (Å²) in [5.74, 6) is 1.02. The highest BCUT2D eigenvalue weighted by Crippen LogP contribution is 2.28. The van der Waals surface area contributed by atoms with E-state index in [1.54, 1.807) is 36.5 Å². The Bertz CT molecular complexity index is 839. The van der Waals surface area contributed by atoms with E-state index >= 15 is 0 Å². The number of benzene rings is 2. The van der Waals surface area contributed by atoms with Crippen LogP contribution in [0.4, 0.5) is 23.1 Å². The van der Waals surface area contributed by atoms with Crippen LogP contribution in [-0.4, -0.2) is 9.97 Å². The summed E-state index contributed by atoms with van der Waals surface area (Å²) >= 11 is 18.2. The van der Waals surface area contributed by atoms with E-state index < -0.39 is 0 Å². The molecule has 3 aromatic rings. The number of nitrogens with one attached hydrogen (secondary N) is 2. The minimum atomic E-state index is 0.424. The maximum absolute atomic E-state index is 6.15. The second-order valence-electron chi connectivity index (χ2n) is 4.62. The molecule has 7 heteroatoms. The predicted molar refractivity (Wildman–Crippen MR) is 96.5 cm³/mol. The zero-order valence-corrected chi connectivity index (χ0v) is 14.0. The molecule has 4 nitrogen and oxygen atoms in total. The average molecular weight is 366 g/mol. The summed E-state index contributed by atoms with van der Waals surface area (Å²) < 4.78 is 0. The molecule has 0 amide bonds. The third-order valence-corrected chi connectivity index (χ3v) is 3.85. The minimum Gasteiger partial charge on any atom is -0.339 e. The van der Waals surface area contributed by atoms with Crippen molar-refractivity contribution >= 4 is 57.9 Å². The maximum Gasteiger partial charge on any atom is 0.229 e. The largest absolute Gasteiger partial charge is 0.339 e. The number of para-hydroxylation sites is 1. The van der Waals surface area contributed by atoms with Crippen LogP contribution in [0.1, 0.15) is 0 Å². The van der Waals surface area contributed by atoms with Gasteiger partial charge in [0.05, 0.1) is 21.4 Å². The smallest absolute Gasteiger partial charge is 0.229 e. The van der Waals surface area contributed by atoms with E-state index in [0.717, 1.165) is 5.69 Å². The fourth-order valence-corrected chi connectivity index (χ4v) is 2.54. The quantitative estimate of drug-likeness (QED) is 0.602. The highest BCUT2D eigenvalue weighted by molar-refractivity contribution is 6.36.